The average Bonchev–Trinajstić information content (AvgIpc) is 2.87. The minimum atomic E-state index is -0.374. The van der Waals surface area contributed by atoms with Gasteiger partial charge in [-0.2, -0.15) is 0 Å². The number of hydrogen-bond donors (Lipinski definition) is 0. The minimum Gasteiger partial charge on any atom is -0.344 e. The number of rotatable bonds is 3. The number of para-hydroxylation sites is 1. The number of benzene rings is 2. The summed E-state index contributed by atoms with van der Waals surface area (Å²) in [6, 6.07) is 19.4. The van der Waals surface area contributed by atoms with Crippen molar-refractivity contribution in [3.63, 3.8) is 0 Å². The second kappa shape index (κ2) is 5.29. The Kier molecular flexibility index (Phi) is 3.49. The summed E-state index contributed by atoms with van der Waals surface area (Å²) in [5.41, 5.74) is 6.12. The lowest BCUT2D eigenvalue weighted by atomic mass is 10.1. The molecule has 0 bridgehead atoms. The van der Waals surface area contributed by atoms with Crippen LogP contribution < -0.4 is 4.90 Å². The smallest absolute Gasteiger partial charge is 0.0549 e. The molecule has 20 heavy (non-hydrogen) atoms. The summed E-state index contributed by atoms with van der Waals surface area (Å²) in [6.45, 7) is 4.79. The van der Waals surface area contributed by atoms with Gasteiger partial charge in [-0.15, -0.1) is 0 Å². The maximum Gasteiger partial charge on any atom is 0.0549 e. The SMILES string of the molecule is CN(C1=CC([Si](C)C)c2ccccc21)c1ccccc1. The molecule has 2 aromatic carbocycles. The molecular weight excluding hydrogens is 258 g/mol. The second-order valence-corrected chi connectivity index (χ2v) is 8.37. The second-order valence-electron chi connectivity index (χ2n) is 5.59. The molecule has 0 saturated heterocycles. The monoisotopic (exact) mass is 278 g/mol. The van der Waals surface area contributed by atoms with Gasteiger partial charge in [-0.3, -0.25) is 0 Å². The Labute approximate surface area is 123 Å². The van der Waals surface area contributed by atoms with Gasteiger partial charge in [-0.1, -0.05) is 61.6 Å². The molecule has 0 saturated carbocycles. The maximum absolute atomic E-state index is 2.46. The zero-order valence-corrected chi connectivity index (χ0v) is 13.3. The molecule has 101 valence electrons. The molecule has 0 aromatic heterocycles. The quantitative estimate of drug-likeness (QED) is 0.744. The predicted octanol–water partition coefficient (Wildman–Crippen LogP) is 4.55. The minimum absolute atomic E-state index is 0.374. The molecule has 0 aliphatic heterocycles. The van der Waals surface area contributed by atoms with Crippen LogP contribution in [0, 0.1) is 0 Å². The van der Waals surface area contributed by atoms with E-state index in [4.69, 9.17) is 0 Å². The summed E-state index contributed by atoms with van der Waals surface area (Å²) >= 11 is 0. The molecule has 0 amide bonds. The molecule has 2 heteroatoms. The molecule has 0 fully saturated rings. The number of nitrogens with zero attached hydrogens (tertiary/aromatic N) is 1. The summed E-state index contributed by atoms with van der Waals surface area (Å²) in [5, 5.41) is 0. The van der Waals surface area contributed by atoms with Crippen LogP contribution in [0.25, 0.3) is 5.70 Å². The van der Waals surface area contributed by atoms with Crippen LogP contribution in [0.4, 0.5) is 5.69 Å². The van der Waals surface area contributed by atoms with Crippen molar-refractivity contribution >= 4 is 20.2 Å². The Morgan fingerprint density at radius 1 is 0.900 bits per heavy atom. The van der Waals surface area contributed by atoms with E-state index in [-0.39, 0.29) is 8.80 Å². The summed E-state index contributed by atoms with van der Waals surface area (Å²) in [5.74, 6) is 0. The third-order valence-electron chi connectivity index (χ3n) is 4.02. The van der Waals surface area contributed by atoms with Crippen LogP contribution in [0.15, 0.2) is 60.7 Å². The van der Waals surface area contributed by atoms with Crippen LogP contribution in [0.3, 0.4) is 0 Å². The maximum atomic E-state index is 2.46. The van der Waals surface area contributed by atoms with Gasteiger partial charge in [-0.05, 0) is 23.2 Å². The molecular formula is C18H20NSi. The largest absolute Gasteiger partial charge is 0.344 e. The van der Waals surface area contributed by atoms with Crippen LogP contribution >= 0.6 is 0 Å². The molecule has 0 spiro atoms. The van der Waals surface area contributed by atoms with Crippen molar-refractivity contribution in [2.75, 3.05) is 11.9 Å². The van der Waals surface area contributed by atoms with Gasteiger partial charge in [0.15, 0.2) is 0 Å². The van der Waals surface area contributed by atoms with Gasteiger partial charge in [0, 0.05) is 24.0 Å². The van der Waals surface area contributed by atoms with E-state index < -0.39 is 0 Å². The average molecular weight is 278 g/mol. The molecule has 3 rings (SSSR count). The van der Waals surface area contributed by atoms with Crippen LogP contribution in [-0.2, 0) is 0 Å². The van der Waals surface area contributed by atoms with Gasteiger partial charge in [0.05, 0.1) is 8.80 Å². The highest BCUT2D eigenvalue weighted by Crippen LogP contribution is 2.39. The van der Waals surface area contributed by atoms with Crippen LogP contribution in [-0.4, -0.2) is 15.8 Å². The molecule has 2 aromatic rings. The van der Waals surface area contributed by atoms with Crippen molar-refractivity contribution in [1.29, 1.82) is 0 Å². The first-order chi connectivity index (χ1) is 9.68. The highest BCUT2D eigenvalue weighted by Gasteiger charge is 2.27. The van der Waals surface area contributed by atoms with E-state index in [1.165, 1.54) is 22.5 Å². The van der Waals surface area contributed by atoms with Crippen LogP contribution in [0.1, 0.15) is 16.7 Å². The lowest BCUT2D eigenvalue weighted by Gasteiger charge is -2.21. The van der Waals surface area contributed by atoms with E-state index in [0.29, 0.717) is 5.54 Å². The van der Waals surface area contributed by atoms with Crippen LogP contribution in [0.2, 0.25) is 13.1 Å². The fraction of sp³-hybridized carbons (Fsp3) is 0.222. The van der Waals surface area contributed by atoms with Crippen molar-refractivity contribution in [2.24, 2.45) is 0 Å². The fourth-order valence-corrected chi connectivity index (χ4v) is 4.26. The predicted molar refractivity (Wildman–Crippen MR) is 89.5 cm³/mol. The van der Waals surface area contributed by atoms with Crippen molar-refractivity contribution in [3.05, 3.63) is 71.8 Å². The first-order valence-corrected chi connectivity index (χ1v) is 9.66. The Balaban J connectivity index is 2.04. The molecule has 1 radical (unpaired) electrons. The molecule has 1 aliphatic carbocycles. The van der Waals surface area contributed by atoms with Crippen LogP contribution in [0.5, 0.6) is 0 Å². The molecule has 0 N–H and O–H groups in total. The number of hydrogen-bond acceptors (Lipinski definition) is 1. The molecule has 1 unspecified atom stereocenters. The number of fused-ring (bicyclic) bond motifs is 1. The number of anilines is 1. The van der Waals surface area contributed by atoms with Gasteiger partial charge >= 0.3 is 0 Å². The molecule has 1 aliphatic rings. The lowest BCUT2D eigenvalue weighted by molar-refractivity contribution is 1.20. The Hall–Kier alpha value is -1.80. The standard InChI is InChI=1S/C18H20NSi/c1-19(14-9-5-4-6-10-14)17-13-18(20(2)3)16-12-8-7-11-15(16)17/h4-13,18H,1-3H3. The Morgan fingerprint density at radius 2 is 1.55 bits per heavy atom. The lowest BCUT2D eigenvalue weighted by Crippen LogP contribution is -2.14. The van der Waals surface area contributed by atoms with Crippen molar-refractivity contribution in [2.45, 2.75) is 18.6 Å². The number of allylic oxidation sites excluding steroid dienone is 1. The highest BCUT2D eigenvalue weighted by molar-refractivity contribution is 6.58. The summed E-state index contributed by atoms with van der Waals surface area (Å²) in [6.07, 6.45) is 2.46. The Bertz CT molecular complexity index is 631. The third-order valence-corrected chi connectivity index (χ3v) is 5.74. The van der Waals surface area contributed by atoms with Gasteiger partial charge in [0.1, 0.15) is 0 Å². The zero-order valence-electron chi connectivity index (χ0n) is 12.3. The molecule has 0 heterocycles. The normalized spacial score (nSPS) is 17.0. The van der Waals surface area contributed by atoms with Crippen molar-refractivity contribution < 1.29 is 0 Å². The molecule has 1 nitrogen and oxygen atoms in total. The fourth-order valence-electron chi connectivity index (χ4n) is 2.90. The first-order valence-electron chi connectivity index (χ1n) is 7.08. The summed E-state index contributed by atoms with van der Waals surface area (Å²) in [7, 11) is 1.79. The van der Waals surface area contributed by atoms with E-state index in [1.807, 2.05) is 0 Å². The van der Waals surface area contributed by atoms with E-state index in [1.54, 1.807) is 0 Å². The van der Waals surface area contributed by atoms with Gasteiger partial charge in [0.25, 0.3) is 0 Å². The topological polar surface area (TPSA) is 3.24 Å². The van der Waals surface area contributed by atoms with Gasteiger partial charge in [-0.25, -0.2) is 0 Å². The summed E-state index contributed by atoms with van der Waals surface area (Å²) < 4.78 is 0. The van der Waals surface area contributed by atoms with E-state index >= 15 is 0 Å². The van der Waals surface area contributed by atoms with Gasteiger partial charge < -0.3 is 4.90 Å². The third kappa shape index (κ3) is 2.20. The first kappa shape index (κ1) is 13.2. The van der Waals surface area contributed by atoms with Crippen molar-refractivity contribution in [3.8, 4) is 0 Å². The zero-order chi connectivity index (χ0) is 14.1. The van der Waals surface area contributed by atoms with Crippen molar-refractivity contribution in [1.82, 2.24) is 0 Å². The van der Waals surface area contributed by atoms with E-state index in [2.05, 4.69) is 85.7 Å². The highest BCUT2D eigenvalue weighted by atomic mass is 28.3. The van der Waals surface area contributed by atoms with E-state index in [9.17, 15) is 0 Å². The summed E-state index contributed by atoms with van der Waals surface area (Å²) in [4.78, 5) is 2.31. The molecule has 1 atom stereocenters. The van der Waals surface area contributed by atoms with E-state index in [0.717, 1.165) is 0 Å². The Morgan fingerprint density at radius 3 is 2.25 bits per heavy atom. The van der Waals surface area contributed by atoms with Gasteiger partial charge in [0.2, 0.25) is 0 Å².